The standard InChI is InChI=1S/C77H142O17P2/c1-5-9-13-17-21-25-29-33-35-39-43-47-51-55-59-63-76(81)93-72(67-87-74(79)61-57-53-49-45-41-37-31-27-23-19-15-11-7-3)69-91-95(83,84)89-65-71(78)66-90-96(85,86)92-70-73(68-88-75(80)62-58-54-50-46-42-38-32-28-24-20-16-12-8-4)94-77(82)64-60-56-52-48-44-40-36-34-30-26-22-18-14-10-6-2/h25-32,71-73,78H,5-24,33-70H2,1-4H3,(H,83,84)(H,85,86)/b29-25-,30-26-,31-27-,32-28-/t72-,73-/m1/s1. The second-order valence-electron chi connectivity index (χ2n) is 26.3. The number of ether oxygens (including phenoxy) is 4. The van der Waals surface area contributed by atoms with Gasteiger partial charge in [0.2, 0.25) is 0 Å². The highest BCUT2D eigenvalue weighted by Crippen LogP contribution is 2.45. The summed E-state index contributed by atoms with van der Waals surface area (Å²) in [6.45, 7) is 4.85. The predicted octanol–water partition coefficient (Wildman–Crippen LogP) is 22.1. The van der Waals surface area contributed by atoms with Gasteiger partial charge in [0.25, 0.3) is 0 Å². The monoisotopic (exact) mass is 1400 g/mol. The quantitative estimate of drug-likeness (QED) is 0.0169. The lowest BCUT2D eigenvalue weighted by Crippen LogP contribution is -2.30. The van der Waals surface area contributed by atoms with E-state index in [-0.39, 0.29) is 25.7 Å². The zero-order valence-electron chi connectivity index (χ0n) is 61.3. The normalized spacial score (nSPS) is 14.2. The maximum atomic E-state index is 13.1. The number of aliphatic hydroxyl groups excluding tert-OH is 1. The summed E-state index contributed by atoms with van der Waals surface area (Å²) >= 11 is 0. The van der Waals surface area contributed by atoms with E-state index in [2.05, 4.69) is 76.3 Å². The molecule has 0 rings (SSSR count). The minimum Gasteiger partial charge on any atom is -0.462 e. The number of rotatable bonds is 74. The lowest BCUT2D eigenvalue weighted by atomic mass is 10.1. The molecule has 19 heteroatoms. The molecule has 0 aliphatic rings. The first-order valence-electron chi connectivity index (χ1n) is 38.9. The molecule has 0 radical (unpaired) electrons. The van der Waals surface area contributed by atoms with Crippen molar-refractivity contribution in [3.05, 3.63) is 48.6 Å². The molecule has 0 fully saturated rings. The summed E-state index contributed by atoms with van der Waals surface area (Å²) < 4.78 is 68.5. The molecule has 3 N–H and O–H groups in total. The first-order valence-corrected chi connectivity index (χ1v) is 41.9. The van der Waals surface area contributed by atoms with Gasteiger partial charge in [-0.1, -0.05) is 256 Å². The molecule has 0 spiro atoms. The van der Waals surface area contributed by atoms with Crippen LogP contribution >= 0.6 is 15.6 Å². The Hall–Kier alpha value is -2.98. The third-order valence-electron chi connectivity index (χ3n) is 16.7. The average molecular weight is 1400 g/mol. The van der Waals surface area contributed by atoms with Crippen molar-refractivity contribution in [3.63, 3.8) is 0 Å². The molecule has 0 heterocycles. The first-order chi connectivity index (χ1) is 46.7. The van der Waals surface area contributed by atoms with E-state index in [0.717, 1.165) is 180 Å². The van der Waals surface area contributed by atoms with E-state index < -0.39 is 97.5 Å². The Morgan fingerprint density at radius 1 is 0.281 bits per heavy atom. The lowest BCUT2D eigenvalue weighted by Gasteiger charge is -2.21. The molecular weight excluding hydrogens is 1260 g/mol. The van der Waals surface area contributed by atoms with Crippen LogP contribution < -0.4 is 0 Å². The van der Waals surface area contributed by atoms with Crippen molar-refractivity contribution >= 4 is 39.5 Å². The Labute approximate surface area is 585 Å². The van der Waals surface area contributed by atoms with Gasteiger partial charge in [-0.25, -0.2) is 9.13 Å². The summed E-state index contributed by atoms with van der Waals surface area (Å²) in [5, 5.41) is 10.6. The first kappa shape index (κ1) is 93.0. The van der Waals surface area contributed by atoms with Crippen molar-refractivity contribution in [3.8, 4) is 0 Å². The van der Waals surface area contributed by atoms with Gasteiger partial charge in [0.15, 0.2) is 12.2 Å². The van der Waals surface area contributed by atoms with E-state index >= 15 is 0 Å². The Morgan fingerprint density at radius 3 is 0.719 bits per heavy atom. The number of aliphatic hydroxyl groups is 1. The van der Waals surface area contributed by atoms with Crippen molar-refractivity contribution in [2.75, 3.05) is 39.6 Å². The SMILES string of the molecule is CCCCCC/C=C\CCCCCCCCCC(=O)O[C@H](COC(=O)CCCCCCC/C=C\CCCCCC)COP(=O)(O)OCC(O)COP(=O)(O)OC[C@@H](COC(=O)CCCCCCC/C=C\CCCCCC)OC(=O)CCCCCCCCC/C=C\CCCCCC. The van der Waals surface area contributed by atoms with Crippen LogP contribution in [0.5, 0.6) is 0 Å². The van der Waals surface area contributed by atoms with Crippen LogP contribution in [0.4, 0.5) is 0 Å². The summed E-state index contributed by atoms with van der Waals surface area (Å²) in [5.74, 6) is -2.17. The average Bonchev–Trinajstić information content (AvgIpc) is 1.19. The molecule has 0 saturated heterocycles. The number of unbranched alkanes of at least 4 members (excludes halogenated alkanes) is 40. The number of allylic oxidation sites excluding steroid dienone is 8. The van der Waals surface area contributed by atoms with Gasteiger partial charge in [0, 0.05) is 25.7 Å². The molecule has 96 heavy (non-hydrogen) atoms. The molecule has 0 aliphatic carbocycles. The summed E-state index contributed by atoms with van der Waals surface area (Å²) in [4.78, 5) is 72.8. The maximum Gasteiger partial charge on any atom is 0.472 e. The Kier molecular flexibility index (Phi) is 68.3. The Balaban J connectivity index is 5.33. The molecule has 562 valence electrons. The van der Waals surface area contributed by atoms with E-state index in [1.807, 2.05) is 0 Å². The highest BCUT2D eigenvalue weighted by molar-refractivity contribution is 7.47. The number of carbonyl (C=O) groups excluding carboxylic acids is 4. The number of phosphoric acid groups is 2. The second-order valence-corrected chi connectivity index (χ2v) is 29.2. The molecule has 0 bridgehead atoms. The maximum absolute atomic E-state index is 13.1. The van der Waals surface area contributed by atoms with E-state index in [4.69, 9.17) is 37.0 Å². The lowest BCUT2D eigenvalue weighted by molar-refractivity contribution is -0.161. The van der Waals surface area contributed by atoms with Crippen LogP contribution in [0.1, 0.15) is 362 Å². The van der Waals surface area contributed by atoms with Crippen LogP contribution in [-0.2, 0) is 65.4 Å². The third kappa shape index (κ3) is 69.5. The van der Waals surface area contributed by atoms with Gasteiger partial charge in [-0.15, -0.1) is 0 Å². The molecule has 0 amide bonds. The van der Waals surface area contributed by atoms with Gasteiger partial charge < -0.3 is 33.8 Å². The van der Waals surface area contributed by atoms with Crippen LogP contribution in [0.3, 0.4) is 0 Å². The number of hydrogen-bond donors (Lipinski definition) is 3. The van der Waals surface area contributed by atoms with Gasteiger partial charge in [-0.05, 0) is 128 Å². The molecule has 2 unspecified atom stereocenters. The number of phosphoric ester groups is 2. The predicted molar refractivity (Wildman–Crippen MR) is 390 cm³/mol. The van der Waals surface area contributed by atoms with E-state index in [9.17, 15) is 43.2 Å². The fraction of sp³-hybridized carbons (Fsp3) is 0.844. The molecule has 0 aromatic heterocycles. The highest BCUT2D eigenvalue weighted by Gasteiger charge is 2.30. The van der Waals surface area contributed by atoms with Crippen molar-refractivity contribution in [2.45, 2.75) is 380 Å². The second kappa shape index (κ2) is 70.5. The van der Waals surface area contributed by atoms with Crippen LogP contribution in [-0.4, -0.2) is 96.7 Å². The van der Waals surface area contributed by atoms with Crippen molar-refractivity contribution in [1.29, 1.82) is 0 Å². The Morgan fingerprint density at radius 2 is 0.479 bits per heavy atom. The van der Waals surface area contributed by atoms with Gasteiger partial charge in [0.1, 0.15) is 19.3 Å². The minimum absolute atomic E-state index is 0.0932. The highest BCUT2D eigenvalue weighted by atomic mass is 31.2. The summed E-state index contributed by atoms with van der Waals surface area (Å²) in [5.41, 5.74) is 0. The molecule has 4 atom stereocenters. The van der Waals surface area contributed by atoms with E-state index in [1.54, 1.807) is 0 Å². The zero-order valence-corrected chi connectivity index (χ0v) is 63.1. The summed E-state index contributed by atoms with van der Waals surface area (Å²) in [6.07, 6.45) is 66.6. The molecular formula is C77H142O17P2. The van der Waals surface area contributed by atoms with Crippen molar-refractivity contribution in [2.24, 2.45) is 0 Å². The van der Waals surface area contributed by atoms with Gasteiger partial charge >= 0.3 is 39.5 Å². The zero-order chi connectivity index (χ0) is 70.4. The largest absolute Gasteiger partial charge is 0.472 e. The van der Waals surface area contributed by atoms with E-state index in [0.29, 0.717) is 25.7 Å². The third-order valence-corrected chi connectivity index (χ3v) is 18.6. The molecule has 0 aromatic rings. The van der Waals surface area contributed by atoms with Crippen molar-refractivity contribution in [1.82, 2.24) is 0 Å². The fourth-order valence-electron chi connectivity index (χ4n) is 10.7. The van der Waals surface area contributed by atoms with Crippen LogP contribution in [0.25, 0.3) is 0 Å². The van der Waals surface area contributed by atoms with Gasteiger partial charge in [0.05, 0.1) is 26.4 Å². The van der Waals surface area contributed by atoms with Gasteiger partial charge in [-0.3, -0.25) is 37.3 Å². The summed E-state index contributed by atoms with van der Waals surface area (Å²) in [7, 11) is -9.94. The molecule has 0 aromatic carbocycles. The molecule has 17 nitrogen and oxygen atoms in total. The van der Waals surface area contributed by atoms with Crippen molar-refractivity contribution < 1.29 is 80.2 Å². The fourth-order valence-corrected chi connectivity index (χ4v) is 12.3. The van der Waals surface area contributed by atoms with Crippen LogP contribution in [0.2, 0.25) is 0 Å². The van der Waals surface area contributed by atoms with Crippen LogP contribution in [0.15, 0.2) is 48.6 Å². The Bertz CT molecular complexity index is 1880. The number of carbonyl (C=O) groups is 4. The van der Waals surface area contributed by atoms with Crippen LogP contribution in [0, 0.1) is 0 Å². The number of esters is 4. The topological polar surface area (TPSA) is 237 Å². The molecule has 0 aliphatic heterocycles. The smallest absolute Gasteiger partial charge is 0.462 e. The van der Waals surface area contributed by atoms with E-state index in [1.165, 1.54) is 103 Å². The number of hydrogen-bond acceptors (Lipinski definition) is 15. The minimum atomic E-state index is -4.97. The summed E-state index contributed by atoms with van der Waals surface area (Å²) in [6, 6.07) is 0. The van der Waals surface area contributed by atoms with Gasteiger partial charge in [-0.2, -0.15) is 0 Å². The molecule has 0 saturated carbocycles.